The highest BCUT2D eigenvalue weighted by atomic mass is 32.1. The predicted molar refractivity (Wildman–Crippen MR) is 112 cm³/mol. The molecular weight excluding hydrogens is 388 g/mol. The van der Waals surface area contributed by atoms with Crippen molar-refractivity contribution in [2.75, 3.05) is 31.2 Å². The summed E-state index contributed by atoms with van der Waals surface area (Å²) in [5.74, 6) is -0.937. The van der Waals surface area contributed by atoms with E-state index in [-0.39, 0.29) is 5.56 Å². The summed E-state index contributed by atoms with van der Waals surface area (Å²) in [5, 5.41) is 14.6. The largest absolute Gasteiger partial charge is 0.478 e. The molecule has 0 saturated carbocycles. The highest BCUT2D eigenvalue weighted by Crippen LogP contribution is 2.29. The first-order valence-electron chi connectivity index (χ1n) is 9.30. The molecule has 0 atom stereocenters. The normalized spacial score (nSPS) is 14.4. The Hall–Kier alpha value is -3.23. The van der Waals surface area contributed by atoms with Crippen molar-refractivity contribution in [1.29, 1.82) is 0 Å². The van der Waals surface area contributed by atoms with Crippen molar-refractivity contribution in [3.8, 4) is 21.8 Å². The Labute approximate surface area is 170 Å². The van der Waals surface area contributed by atoms with Gasteiger partial charge in [0.1, 0.15) is 5.01 Å². The monoisotopic (exact) mass is 406 g/mol. The molecule has 2 aromatic heterocycles. The van der Waals surface area contributed by atoms with Gasteiger partial charge in [-0.25, -0.2) is 14.3 Å². The molecule has 1 fully saturated rings. The lowest BCUT2D eigenvalue weighted by atomic mass is 10.1. The number of hydrogen-bond acceptors (Lipinski definition) is 6. The van der Waals surface area contributed by atoms with Crippen LogP contribution in [0.5, 0.6) is 0 Å². The van der Waals surface area contributed by atoms with Crippen molar-refractivity contribution in [1.82, 2.24) is 14.6 Å². The molecule has 1 aliphatic rings. The maximum atomic E-state index is 11.0. The fourth-order valence-corrected chi connectivity index (χ4v) is 4.26. The zero-order chi connectivity index (χ0) is 19.8. The molecule has 1 aliphatic heterocycles. The maximum Gasteiger partial charge on any atom is 0.335 e. The minimum atomic E-state index is -0.937. The van der Waals surface area contributed by atoms with Crippen LogP contribution in [0.4, 0.5) is 5.69 Å². The minimum absolute atomic E-state index is 0.260. The zero-order valence-corrected chi connectivity index (χ0v) is 16.3. The van der Waals surface area contributed by atoms with Crippen LogP contribution in [0.3, 0.4) is 0 Å². The van der Waals surface area contributed by atoms with Gasteiger partial charge in [0.15, 0.2) is 0 Å². The lowest BCUT2D eigenvalue weighted by Crippen LogP contribution is -2.36. The second-order valence-electron chi connectivity index (χ2n) is 6.79. The Morgan fingerprint density at radius 1 is 1.00 bits per heavy atom. The number of carboxylic acids is 1. The molecular formula is C21H18N4O3S. The third-order valence-electron chi connectivity index (χ3n) is 4.96. The van der Waals surface area contributed by atoms with E-state index in [0.717, 1.165) is 53.1 Å². The van der Waals surface area contributed by atoms with Gasteiger partial charge in [0.05, 0.1) is 30.7 Å². The molecule has 3 heterocycles. The van der Waals surface area contributed by atoms with Crippen LogP contribution in [-0.2, 0) is 4.74 Å². The Balaban J connectivity index is 1.38. The number of imidazole rings is 1. The van der Waals surface area contributed by atoms with Crippen LogP contribution in [-0.4, -0.2) is 52.0 Å². The highest BCUT2D eigenvalue weighted by molar-refractivity contribution is 7.19. The molecule has 5 rings (SSSR count). The molecule has 29 heavy (non-hydrogen) atoms. The summed E-state index contributed by atoms with van der Waals surface area (Å²) in [5.41, 5.74) is 4.16. The summed E-state index contributed by atoms with van der Waals surface area (Å²) >= 11 is 1.53. The van der Waals surface area contributed by atoms with Crippen LogP contribution in [0, 0.1) is 0 Å². The van der Waals surface area contributed by atoms with Gasteiger partial charge in [-0.3, -0.25) is 0 Å². The summed E-state index contributed by atoms with van der Waals surface area (Å²) in [4.78, 5) is 18.8. The first kappa shape index (κ1) is 17.8. The van der Waals surface area contributed by atoms with E-state index >= 15 is 0 Å². The predicted octanol–water partition coefficient (Wildman–Crippen LogP) is 3.66. The van der Waals surface area contributed by atoms with Crippen LogP contribution < -0.4 is 4.90 Å². The average Bonchev–Trinajstić information content (AvgIpc) is 3.34. The van der Waals surface area contributed by atoms with E-state index < -0.39 is 5.97 Å². The number of aromatic nitrogens is 3. The fraction of sp³-hybridized carbons (Fsp3) is 0.190. The van der Waals surface area contributed by atoms with E-state index in [1.54, 1.807) is 28.8 Å². The molecule has 0 unspecified atom stereocenters. The van der Waals surface area contributed by atoms with Crippen LogP contribution in [0.15, 0.2) is 54.7 Å². The molecule has 8 heteroatoms. The lowest BCUT2D eigenvalue weighted by Gasteiger charge is -2.28. The number of rotatable bonds is 4. The number of fused-ring (bicyclic) bond motifs is 1. The van der Waals surface area contributed by atoms with Crippen molar-refractivity contribution in [2.45, 2.75) is 0 Å². The lowest BCUT2D eigenvalue weighted by molar-refractivity contribution is 0.0697. The molecule has 146 valence electrons. The second-order valence-corrected chi connectivity index (χ2v) is 7.75. The average molecular weight is 406 g/mol. The molecule has 0 amide bonds. The molecule has 1 saturated heterocycles. The van der Waals surface area contributed by atoms with E-state index in [1.165, 1.54) is 17.0 Å². The number of carbonyl (C=O) groups is 1. The van der Waals surface area contributed by atoms with Crippen LogP contribution >= 0.6 is 11.3 Å². The molecule has 4 aromatic rings. The molecule has 0 spiro atoms. The third kappa shape index (κ3) is 3.48. The number of morpholine rings is 1. The minimum Gasteiger partial charge on any atom is -0.478 e. The second kappa shape index (κ2) is 7.31. The van der Waals surface area contributed by atoms with Crippen LogP contribution in [0.2, 0.25) is 0 Å². The fourth-order valence-electron chi connectivity index (χ4n) is 3.38. The molecule has 7 nitrogen and oxygen atoms in total. The Kier molecular flexibility index (Phi) is 4.49. The Bertz CT molecular complexity index is 1130. The van der Waals surface area contributed by atoms with Gasteiger partial charge in [-0.05, 0) is 36.4 Å². The number of ether oxygens (including phenoxy) is 1. The summed E-state index contributed by atoms with van der Waals surface area (Å²) < 4.78 is 7.19. The number of hydrogen-bond donors (Lipinski definition) is 1. The first-order valence-corrected chi connectivity index (χ1v) is 10.1. The van der Waals surface area contributed by atoms with E-state index in [9.17, 15) is 4.79 Å². The van der Waals surface area contributed by atoms with Gasteiger partial charge in [-0.15, -0.1) is 0 Å². The van der Waals surface area contributed by atoms with Gasteiger partial charge in [-0.1, -0.05) is 23.5 Å². The topological polar surface area (TPSA) is 80.0 Å². The van der Waals surface area contributed by atoms with Gasteiger partial charge < -0.3 is 14.7 Å². The van der Waals surface area contributed by atoms with Gasteiger partial charge in [-0.2, -0.15) is 5.10 Å². The number of aromatic carboxylic acids is 1. The van der Waals surface area contributed by atoms with Crippen LogP contribution in [0.1, 0.15) is 10.4 Å². The SMILES string of the molecule is O=C(O)c1ccc(-c2cn3nc(-c4ccc(N5CCOCC5)cc4)sc3n2)cc1. The molecule has 1 N–H and O–H groups in total. The van der Waals surface area contributed by atoms with Gasteiger partial charge in [0, 0.05) is 29.9 Å². The Morgan fingerprint density at radius 2 is 1.69 bits per heavy atom. The van der Waals surface area contributed by atoms with E-state index in [4.69, 9.17) is 9.84 Å². The van der Waals surface area contributed by atoms with Crippen molar-refractivity contribution in [3.63, 3.8) is 0 Å². The number of nitrogens with zero attached hydrogens (tertiary/aromatic N) is 4. The quantitative estimate of drug-likeness (QED) is 0.557. The van der Waals surface area contributed by atoms with Crippen molar-refractivity contribution < 1.29 is 14.6 Å². The Morgan fingerprint density at radius 3 is 2.34 bits per heavy atom. The third-order valence-corrected chi connectivity index (χ3v) is 5.93. The number of anilines is 1. The summed E-state index contributed by atoms with van der Waals surface area (Å²) in [6, 6.07) is 15.1. The van der Waals surface area contributed by atoms with Crippen LogP contribution in [0.25, 0.3) is 26.8 Å². The first-order chi connectivity index (χ1) is 14.2. The summed E-state index contributed by atoms with van der Waals surface area (Å²) in [6.45, 7) is 3.38. The van der Waals surface area contributed by atoms with E-state index in [0.29, 0.717) is 0 Å². The summed E-state index contributed by atoms with van der Waals surface area (Å²) in [6.07, 6.45) is 1.87. The van der Waals surface area contributed by atoms with Gasteiger partial charge >= 0.3 is 5.97 Å². The highest BCUT2D eigenvalue weighted by Gasteiger charge is 2.14. The number of benzene rings is 2. The number of carboxylic acid groups (broad SMARTS) is 1. The van der Waals surface area contributed by atoms with Gasteiger partial charge in [0.25, 0.3) is 0 Å². The zero-order valence-electron chi connectivity index (χ0n) is 15.5. The molecule has 0 bridgehead atoms. The molecule has 2 aromatic carbocycles. The van der Waals surface area contributed by atoms with E-state index in [2.05, 4.69) is 39.2 Å². The molecule has 0 radical (unpaired) electrons. The van der Waals surface area contributed by atoms with Crippen molar-refractivity contribution >= 4 is 28.0 Å². The van der Waals surface area contributed by atoms with Crippen molar-refractivity contribution in [3.05, 3.63) is 60.3 Å². The maximum absolute atomic E-state index is 11.0. The summed E-state index contributed by atoms with van der Waals surface area (Å²) in [7, 11) is 0. The van der Waals surface area contributed by atoms with Crippen molar-refractivity contribution in [2.24, 2.45) is 0 Å². The standard InChI is InChI=1S/C21H18N4O3S/c26-20(27)16-3-1-14(2-4-16)18-13-25-21(22-18)29-19(23-25)15-5-7-17(8-6-15)24-9-11-28-12-10-24/h1-8,13H,9-12H2,(H,26,27). The van der Waals surface area contributed by atoms with E-state index in [1.807, 2.05) is 6.20 Å². The smallest absolute Gasteiger partial charge is 0.335 e. The van der Waals surface area contributed by atoms with Gasteiger partial charge in [0.2, 0.25) is 4.96 Å². The molecule has 0 aliphatic carbocycles.